The van der Waals surface area contributed by atoms with Crippen LogP contribution in [0.25, 0.3) is 0 Å². The molecule has 2 aliphatic rings. The van der Waals surface area contributed by atoms with E-state index in [1.807, 2.05) is 12.2 Å². The molecule has 0 atom stereocenters. The first-order valence-corrected chi connectivity index (χ1v) is 10.4. The van der Waals surface area contributed by atoms with Gasteiger partial charge in [-0.15, -0.1) is 0 Å². The fourth-order valence-electron chi connectivity index (χ4n) is 2.27. The Balaban J connectivity index is 2.62. The SMILES string of the molecule is CC1(C)OC(=O)C(=C2C=C(C(C)(C)C)[Te]C(C(C)(C)C)=C2)C(=O)O1. The van der Waals surface area contributed by atoms with Crippen LogP contribution in [0.4, 0.5) is 0 Å². The molecule has 0 amide bonds. The third-order valence-corrected chi connectivity index (χ3v) is 9.07. The van der Waals surface area contributed by atoms with Crippen molar-refractivity contribution in [2.24, 2.45) is 10.8 Å². The maximum absolute atomic E-state index is 12.4. The van der Waals surface area contributed by atoms with Gasteiger partial charge in [0, 0.05) is 0 Å². The van der Waals surface area contributed by atoms with Gasteiger partial charge in [-0.05, 0) is 0 Å². The van der Waals surface area contributed by atoms with E-state index in [4.69, 9.17) is 9.47 Å². The summed E-state index contributed by atoms with van der Waals surface area (Å²) in [5, 5.41) is 0. The molecule has 0 aromatic rings. The Morgan fingerprint density at radius 2 is 1.21 bits per heavy atom. The summed E-state index contributed by atoms with van der Waals surface area (Å²) in [6, 6.07) is 0. The summed E-state index contributed by atoms with van der Waals surface area (Å²) in [4.78, 5) is 24.8. The summed E-state index contributed by atoms with van der Waals surface area (Å²) in [6.45, 7) is 16.1. The van der Waals surface area contributed by atoms with Gasteiger partial charge in [0.2, 0.25) is 0 Å². The molecule has 2 heterocycles. The van der Waals surface area contributed by atoms with E-state index in [1.54, 1.807) is 13.8 Å². The molecule has 0 N–H and O–H groups in total. The normalized spacial score (nSPS) is 21.8. The molecule has 2 rings (SSSR count). The number of allylic oxidation sites excluding steroid dienone is 5. The van der Waals surface area contributed by atoms with Crippen LogP contribution < -0.4 is 0 Å². The second-order valence-corrected chi connectivity index (χ2v) is 11.7. The first kappa shape index (κ1) is 19.3. The van der Waals surface area contributed by atoms with Crippen LogP contribution >= 0.6 is 0 Å². The summed E-state index contributed by atoms with van der Waals surface area (Å²) >= 11 is -0.519. The zero-order chi connectivity index (χ0) is 18.5. The summed E-state index contributed by atoms with van der Waals surface area (Å²) in [5.74, 6) is -2.43. The van der Waals surface area contributed by atoms with Crippen molar-refractivity contribution in [1.29, 1.82) is 0 Å². The second kappa shape index (κ2) is 6.04. The minimum atomic E-state index is -1.21. The van der Waals surface area contributed by atoms with Gasteiger partial charge in [-0.1, -0.05) is 0 Å². The third-order valence-electron chi connectivity index (χ3n) is 3.65. The predicted molar refractivity (Wildman–Crippen MR) is 94.1 cm³/mol. The van der Waals surface area contributed by atoms with Crippen LogP contribution in [-0.2, 0) is 19.1 Å². The number of rotatable bonds is 0. The van der Waals surface area contributed by atoms with E-state index in [9.17, 15) is 9.59 Å². The van der Waals surface area contributed by atoms with E-state index >= 15 is 0 Å². The fraction of sp³-hybridized carbons (Fsp3) is 0.579. The molecule has 5 heteroatoms. The van der Waals surface area contributed by atoms with Gasteiger partial charge in [-0.2, -0.15) is 0 Å². The minimum absolute atomic E-state index is 0.000553. The van der Waals surface area contributed by atoms with Crippen LogP contribution in [0.1, 0.15) is 55.4 Å². The van der Waals surface area contributed by atoms with E-state index in [0.717, 1.165) is 0 Å². The molecule has 0 bridgehead atoms. The Bertz CT molecular complexity index is 625. The maximum atomic E-state index is 12.4. The van der Waals surface area contributed by atoms with Crippen molar-refractivity contribution < 1.29 is 19.1 Å². The Morgan fingerprint density at radius 3 is 1.54 bits per heavy atom. The Labute approximate surface area is 154 Å². The molecule has 0 radical (unpaired) electrons. The predicted octanol–water partition coefficient (Wildman–Crippen LogP) is 3.70. The van der Waals surface area contributed by atoms with Crippen LogP contribution in [0.2, 0.25) is 0 Å². The molecule has 132 valence electrons. The molecule has 24 heavy (non-hydrogen) atoms. The van der Waals surface area contributed by atoms with Gasteiger partial charge in [-0.3, -0.25) is 0 Å². The first-order chi connectivity index (χ1) is 10.7. The summed E-state index contributed by atoms with van der Waals surface area (Å²) in [6.07, 6.45) is 3.99. The number of cyclic esters (lactones) is 2. The number of carbonyl (C=O) groups is 2. The molecule has 0 spiro atoms. The molecule has 1 fully saturated rings. The number of carbonyl (C=O) groups excluding carboxylic acids is 2. The van der Waals surface area contributed by atoms with Crippen molar-refractivity contribution in [3.05, 3.63) is 30.5 Å². The molecule has 0 aromatic heterocycles. The number of esters is 2. The van der Waals surface area contributed by atoms with Crippen molar-refractivity contribution in [3.63, 3.8) is 0 Å². The Morgan fingerprint density at radius 1 is 0.833 bits per heavy atom. The van der Waals surface area contributed by atoms with Gasteiger partial charge in [0.1, 0.15) is 0 Å². The van der Waals surface area contributed by atoms with Gasteiger partial charge < -0.3 is 0 Å². The fourth-order valence-corrected chi connectivity index (χ4v) is 5.76. The van der Waals surface area contributed by atoms with Gasteiger partial charge in [-0.25, -0.2) is 0 Å². The summed E-state index contributed by atoms with van der Waals surface area (Å²) < 4.78 is 13.2. The van der Waals surface area contributed by atoms with Crippen molar-refractivity contribution in [1.82, 2.24) is 0 Å². The van der Waals surface area contributed by atoms with E-state index in [-0.39, 0.29) is 16.4 Å². The standard InChI is InChI=1S/C19H26O4Te/c1-17(2,3)12-9-11(10-13(24-12)18(4,5)6)14-15(20)22-19(7,8)23-16(14)21/h9-10H,1-8H3. The third kappa shape index (κ3) is 4.13. The van der Waals surface area contributed by atoms with Gasteiger partial charge in [0.25, 0.3) is 0 Å². The Hall–Kier alpha value is -1.05. The van der Waals surface area contributed by atoms with Crippen LogP contribution in [0, 0.1) is 10.8 Å². The van der Waals surface area contributed by atoms with Crippen molar-refractivity contribution in [2.75, 3.05) is 0 Å². The zero-order valence-corrected chi connectivity index (χ0v) is 18.0. The zero-order valence-electron chi connectivity index (χ0n) is 15.7. The van der Waals surface area contributed by atoms with Crippen LogP contribution in [0.3, 0.4) is 0 Å². The molecule has 0 unspecified atom stereocenters. The van der Waals surface area contributed by atoms with Gasteiger partial charge >= 0.3 is 154 Å². The average molecular weight is 446 g/mol. The first-order valence-electron chi connectivity index (χ1n) is 8.04. The molecule has 1 saturated heterocycles. The van der Waals surface area contributed by atoms with E-state index in [2.05, 4.69) is 41.5 Å². The van der Waals surface area contributed by atoms with E-state index in [0.29, 0.717) is 5.57 Å². The summed E-state index contributed by atoms with van der Waals surface area (Å²) in [7, 11) is 0. The molecule has 0 aromatic carbocycles. The number of ether oxygens (including phenoxy) is 2. The van der Waals surface area contributed by atoms with Crippen molar-refractivity contribution in [3.8, 4) is 0 Å². The number of hydrogen-bond donors (Lipinski definition) is 0. The van der Waals surface area contributed by atoms with Crippen LogP contribution in [-0.4, -0.2) is 38.6 Å². The molecular formula is C19H26O4Te. The second-order valence-electron chi connectivity index (χ2n) is 8.63. The number of hydrogen-bond acceptors (Lipinski definition) is 4. The molecule has 4 nitrogen and oxygen atoms in total. The van der Waals surface area contributed by atoms with Crippen LogP contribution in [0.15, 0.2) is 30.5 Å². The molecule has 0 aliphatic carbocycles. The molecule has 2 aliphatic heterocycles. The quantitative estimate of drug-likeness (QED) is 0.247. The van der Waals surface area contributed by atoms with Gasteiger partial charge in [0.05, 0.1) is 0 Å². The monoisotopic (exact) mass is 448 g/mol. The van der Waals surface area contributed by atoms with E-state index in [1.165, 1.54) is 7.24 Å². The van der Waals surface area contributed by atoms with Crippen LogP contribution in [0.5, 0.6) is 0 Å². The van der Waals surface area contributed by atoms with Crippen molar-refractivity contribution >= 4 is 32.9 Å². The Kier molecular flexibility index (Phi) is 4.85. The topological polar surface area (TPSA) is 52.6 Å². The molecular weight excluding hydrogens is 420 g/mol. The summed E-state index contributed by atoms with van der Waals surface area (Å²) in [5.41, 5.74) is 0.623. The van der Waals surface area contributed by atoms with Crippen molar-refractivity contribution in [2.45, 2.75) is 61.2 Å². The van der Waals surface area contributed by atoms with E-state index < -0.39 is 38.6 Å². The molecule has 0 saturated carbocycles. The average Bonchev–Trinajstić information content (AvgIpc) is 2.33. The van der Waals surface area contributed by atoms with Gasteiger partial charge in [0.15, 0.2) is 0 Å².